The lowest BCUT2D eigenvalue weighted by atomic mass is 10.0. The second-order valence-electron chi connectivity index (χ2n) is 4.71. The Labute approximate surface area is 96.1 Å². The van der Waals surface area contributed by atoms with Crippen LogP contribution < -0.4 is 5.32 Å². The van der Waals surface area contributed by atoms with E-state index in [1.54, 1.807) is 6.07 Å². The van der Waals surface area contributed by atoms with Gasteiger partial charge in [0.05, 0.1) is 0 Å². The second-order valence-corrected chi connectivity index (χ2v) is 4.71. The average Bonchev–Trinajstić information content (AvgIpc) is 3.02. The fourth-order valence-corrected chi connectivity index (χ4v) is 2.05. The maximum absolute atomic E-state index is 9.58. The van der Waals surface area contributed by atoms with Gasteiger partial charge in [-0.25, -0.2) is 0 Å². The van der Waals surface area contributed by atoms with E-state index in [1.807, 2.05) is 18.2 Å². The number of phenols is 1. The van der Waals surface area contributed by atoms with Gasteiger partial charge < -0.3 is 15.5 Å². The minimum Gasteiger partial charge on any atom is -0.508 e. The van der Waals surface area contributed by atoms with E-state index in [-0.39, 0.29) is 6.61 Å². The molecule has 0 radical (unpaired) electrons. The first-order valence-electron chi connectivity index (χ1n) is 5.84. The predicted molar refractivity (Wildman–Crippen MR) is 63.2 cm³/mol. The third kappa shape index (κ3) is 2.74. The Balaban J connectivity index is 1.78. The first-order chi connectivity index (χ1) is 7.76. The van der Waals surface area contributed by atoms with Crippen LogP contribution >= 0.6 is 0 Å². The number of para-hydroxylation sites is 1. The van der Waals surface area contributed by atoms with Gasteiger partial charge in [0.1, 0.15) is 5.75 Å². The molecule has 3 nitrogen and oxygen atoms in total. The Morgan fingerprint density at radius 1 is 1.25 bits per heavy atom. The van der Waals surface area contributed by atoms with E-state index < -0.39 is 0 Å². The maximum Gasteiger partial charge on any atom is 0.120 e. The number of hydrogen-bond donors (Lipinski definition) is 3. The molecule has 0 atom stereocenters. The minimum absolute atomic E-state index is 0.276. The molecule has 0 saturated heterocycles. The molecule has 1 aliphatic carbocycles. The molecule has 2 rings (SSSR count). The van der Waals surface area contributed by atoms with Crippen LogP contribution in [-0.2, 0) is 6.54 Å². The van der Waals surface area contributed by atoms with Crippen LogP contribution in [-0.4, -0.2) is 23.4 Å². The summed E-state index contributed by atoms with van der Waals surface area (Å²) in [6, 6.07) is 7.38. The van der Waals surface area contributed by atoms with E-state index >= 15 is 0 Å². The standard InChI is InChI=1S/C13H19NO2/c15-8-7-13(5-6-13)10-14-9-11-3-1-2-4-12(11)16/h1-4,14-16H,5-10H2. The van der Waals surface area contributed by atoms with Crippen molar-refractivity contribution in [1.29, 1.82) is 0 Å². The number of aromatic hydroxyl groups is 1. The molecule has 0 aliphatic heterocycles. The lowest BCUT2D eigenvalue weighted by Crippen LogP contribution is -2.24. The van der Waals surface area contributed by atoms with E-state index in [0.29, 0.717) is 17.7 Å². The number of phenolic OH excluding ortho intramolecular Hbond substituents is 1. The molecular formula is C13H19NO2. The van der Waals surface area contributed by atoms with Gasteiger partial charge in [-0.2, -0.15) is 0 Å². The van der Waals surface area contributed by atoms with E-state index in [9.17, 15) is 5.11 Å². The largest absolute Gasteiger partial charge is 0.508 e. The molecule has 0 bridgehead atoms. The van der Waals surface area contributed by atoms with Gasteiger partial charge >= 0.3 is 0 Å². The highest BCUT2D eigenvalue weighted by atomic mass is 16.3. The van der Waals surface area contributed by atoms with Crippen LogP contribution in [0.1, 0.15) is 24.8 Å². The minimum atomic E-state index is 0.276. The monoisotopic (exact) mass is 221 g/mol. The number of aliphatic hydroxyl groups is 1. The van der Waals surface area contributed by atoms with Crippen molar-refractivity contribution in [2.75, 3.05) is 13.2 Å². The quantitative estimate of drug-likeness (QED) is 0.684. The molecule has 88 valence electrons. The van der Waals surface area contributed by atoms with Crippen LogP contribution in [0.25, 0.3) is 0 Å². The van der Waals surface area contributed by atoms with Crippen LogP contribution in [0.4, 0.5) is 0 Å². The van der Waals surface area contributed by atoms with Crippen LogP contribution in [0.15, 0.2) is 24.3 Å². The summed E-state index contributed by atoms with van der Waals surface area (Å²) in [6.07, 6.45) is 3.31. The Hall–Kier alpha value is -1.06. The van der Waals surface area contributed by atoms with Crippen LogP contribution in [0, 0.1) is 5.41 Å². The van der Waals surface area contributed by atoms with Gasteiger partial charge in [0.25, 0.3) is 0 Å². The summed E-state index contributed by atoms with van der Waals surface area (Å²) in [6.45, 7) is 1.90. The first kappa shape index (κ1) is 11.4. The number of hydrogen-bond acceptors (Lipinski definition) is 3. The van der Waals surface area contributed by atoms with E-state index in [1.165, 1.54) is 12.8 Å². The molecule has 3 N–H and O–H groups in total. The highest BCUT2D eigenvalue weighted by Gasteiger charge is 2.41. The van der Waals surface area contributed by atoms with E-state index in [0.717, 1.165) is 18.5 Å². The summed E-state index contributed by atoms with van der Waals surface area (Å²) in [5.41, 5.74) is 1.27. The van der Waals surface area contributed by atoms with Crippen molar-refractivity contribution < 1.29 is 10.2 Å². The summed E-state index contributed by atoms with van der Waals surface area (Å²) in [5.74, 6) is 0.349. The van der Waals surface area contributed by atoms with Gasteiger partial charge in [0.2, 0.25) is 0 Å². The second kappa shape index (κ2) is 4.85. The molecule has 1 aliphatic rings. The zero-order chi connectivity index (χ0) is 11.4. The van der Waals surface area contributed by atoms with Crippen LogP contribution in [0.2, 0.25) is 0 Å². The molecule has 0 amide bonds. The Kier molecular flexibility index (Phi) is 3.46. The van der Waals surface area contributed by atoms with Crippen molar-refractivity contribution >= 4 is 0 Å². The summed E-state index contributed by atoms with van der Waals surface area (Å²) in [5, 5.41) is 21.9. The van der Waals surface area contributed by atoms with Crippen LogP contribution in [0.3, 0.4) is 0 Å². The topological polar surface area (TPSA) is 52.5 Å². The summed E-state index contributed by atoms with van der Waals surface area (Å²) in [7, 11) is 0. The third-order valence-corrected chi connectivity index (χ3v) is 3.41. The van der Waals surface area contributed by atoms with Crippen molar-refractivity contribution in [3.63, 3.8) is 0 Å². The van der Waals surface area contributed by atoms with E-state index in [4.69, 9.17) is 5.11 Å². The van der Waals surface area contributed by atoms with Crippen molar-refractivity contribution in [3.8, 4) is 5.75 Å². The number of nitrogens with one attached hydrogen (secondary N) is 1. The molecule has 0 spiro atoms. The van der Waals surface area contributed by atoms with Gasteiger partial charge in [-0.05, 0) is 30.7 Å². The fourth-order valence-electron chi connectivity index (χ4n) is 2.05. The van der Waals surface area contributed by atoms with Gasteiger partial charge in [-0.3, -0.25) is 0 Å². The zero-order valence-corrected chi connectivity index (χ0v) is 9.45. The molecule has 1 fully saturated rings. The van der Waals surface area contributed by atoms with Crippen molar-refractivity contribution in [3.05, 3.63) is 29.8 Å². The SMILES string of the molecule is OCCC1(CNCc2ccccc2O)CC1. The normalized spacial score (nSPS) is 17.3. The number of aliphatic hydroxyl groups excluding tert-OH is 1. The molecule has 1 saturated carbocycles. The summed E-state index contributed by atoms with van der Waals surface area (Å²) < 4.78 is 0. The van der Waals surface area contributed by atoms with Gasteiger partial charge in [0.15, 0.2) is 0 Å². The maximum atomic E-state index is 9.58. The van der Waals surface area contributed by atoms with Crippen molar-refractivity contribution in [2.24, 2.45) is 5.41 Å². The van der Waals surface area contributed by atoms with E-state index in [2.05, 4.69) is 5.32 Å². The number of benzene rings is 1. The molecule has 1 aromatic carbocycles. The van der Waals surface area contributed by atoms with Gasteiger partial charge in [-0.1, -0.05) is 18.2 Å². The van der Waals surface area contributed by atoms with Crippen molar-refractivity contribution in [2.45, 2.75) is 25.8 Å². The highest BCUT2D eigenvalue weighted by Crippen LogP contribution is 2.47. The van der Waals surface area contributed by atoms with Crippen molar-refractivity contribution in [1.82, 2.24) is 5.32 Å². The molecule has 1 aromatic rings. The van der Waals surface area contributed by atoms with Gasteiger partial charge in [-0.15, -0.1) is 0 Å². The number of rotatable bonds is 6. The summed E-state index contributed by atoms with van der Waals surface area (Å²) >= 11 is 0. The predicted octanol–water partition coefficient (Wildman–Crippen LogP) is 1.64. The lowest BCUT2D eigenvalue weighted by Gasteiger charge is -2.14. The molecule has 0 unspecified atom stereocenters. The Bertz CT molecular complexity index is 348. The van der Waals surface area contributed by atoms with Gasteiger partial charge in [0, 0.05) is 25.3 Å². The smallest absolute Gasteiger partial charge is 0.120 e. The molecule has 3 heteroatoms. The lowest BCUT2D eigenvalue weighted by molar-refractivity contribution is 0.245. The van der Waals surface area contributed by atoms with Crippen LogP contribution in [0.5, 0.6) is 5.75 Å². The molecule has 0 heterocycles. The molecule has 0 aromatic heterocycles. The average molecular weight is 221 g/mol. The zero-order valence-electron chi connectivity index (χ0n) is 9.45. The fraction of sp³-hybridized carbons (Fsp3) is 0.538. The summed E-state index contributed by atoms with van der Waals surface area (Å²) in [4.78, 5) is 0. The molecular weight excluding hydrogens is 202 g/mol. The molecule has 16 heavy (non-hydrogen) atoms. The third-order valence-electron chi connectivity index (χ3n) is 3.41. The highest BCUT2D eigenvalue weighted by molar-refractivity contribution is 5.31. The Morgan fingerprint density at radius 3 is 2.62 bits per heavy atom. The Morgan fingerprint density at radius 2 is 2.00 bits per heavy atom. The first-order valence-corrected chi connectivity index (χ1v) is 5.84.